The van der Waals surface area contributed by atoms with Gasteiger partial charge in [-0.2, -0.15) is 0 Å². The van der Waals surface area contributed by atoms with Crippen molar-refractivity contribution in [3.05, 3.63) is 23.8 Å². The normalized spacial score (nSPS) is 18.8. The molecular formula is C21H34IN3O3. The van der Waals surface area contributed by atoms with Crippen LogP contribution in [0.5, 0.6) is 11.5 Å². The Morgan fingerprint density at radius 1 is 1.25 bits per heavy atom. The summed E-state index contributed by atoms with van der Waals surface area (Å²) in [5, 5.41) is 6.76. The van der Waals surface area contributed by atoms with Crippen LogP contribution in [0.1, 0.15) is 45.1 Å². The van der Waals surface area contributed by atoms with Gasteiger partial charge in [-0.3, -0.25) is 0 Å². The summed E-state index contributed by atoms with van der Waals surface area (Å²) >= 11 is 0. The quantitative estimate of drug-likeness (QED) is 0.322. The van der Waals surface area contributed by atoms with E-state index in [1.54, 1.807) is 7.11 Å². The first kappa shape index (κ1) is 23.1. The van der Waals surface area contributed by atoms with E-state index in [-0.39, 0.29) is 35.5 Å². The second kappa shape index (κ2) is 11.1. The van der Waals surface area contributed by atoms with E-state index in [4.69, 9.17) is 19.2 Å². The lowest BCUT2D eigenvalue weighted by atomic mass is 9.89. The molecule has 1 aliphatic heterocycles. The van der Waals surface area contributed by atoms with Crippen LogP contribution in [-0.4, -0.2) is 45.5 Å². The fourth-order valence-corrected chi connectivity index (χ4v) is 3.51. The average molecular weight is 503 g/mol. The monoisotopic (exact) mass is 503 g/mol. The number of hydrogen-bond donors (Lipinski definition) is 2. The van der Waals surface area contributed by atoms with Crippen molar-refractivity contribution in [2.75, 3.05) is 33.4 Å². The predicted octanol–water partition coefficient (Wildman–Crippen LogP) is 3.73. The molecule has 1 aromatic carbocycles. The zero-order valence-electron chi connectivity index (χ0n) is 17.3. The first-order valence-corrected chi connectivity index (χ1v) is 10.1. The summed E-state index contributed by atoms with van der Waals surface area (Å²) in [6.45, 7) is 8.12. The van der Waals surface area contributed by atoms with E-state index in [1.165, 1.54) is 12.8 Å². The number of nitrogens with one attached hydrogen (secondary N) is 2. The summed E-state index contributed by atoms with van der Waals surface area (Å²) in [6, 6.07) is 6.03. The summed E-state index contributed by atoms with van der Waals surface area (Å²) < 4.78 is 17.2. The largest absolute Gasteiger partial charge is 0.493 e. The highest BCUT2D eigenvalue weighted by molar-refractivity contribution is 14.0. The van der Waals surface area contributed by atoms with Crippen LogP contribution in [-0.2, 0) is 11.3 Å². The molecule has 0 aromatic heterocycles. The lowest BCUT2D eigenvalue weighted by Gasteiger charge is -2.38. The summed E-state index contributed by atoms with van der Waals surface area (Å²) in [5.74, 6) is 2.44. The van der Waals surface area contributed by atoms with Gasteiger partial charge >= 0.3 is 0 Å². The van der Waals surface area contributed by atoms with Gasteiger partial charge in [-0.05, 0) is 38.7 Å². The maximum Gasteiger partial charge on any atom is 0.191 e. The number of guanidine groups is 1. The molecule has 0 amide bonds. The Balaban J connectivity index is 0.00000280. The van der Waals surface area contributed by atoms with Crippen molar-refractivity contribution in [3.8, 4) is 11.5 Å². The smallest absolute Gasteiger partial charge is 0.191 e. The highest BCUT2D eigenvalue weighted by Crippen LogP contribution is 2.35. The lowest BCUT2D eigenvalue weighted by Crippen LogP contribution is -2.51. The first-order valence-electron chi connectivity index (χ1n) is 10.1. The van der Waals surface area contributed by atoms with Crippen LogP contribution >= 0.6 is 24.0 Å². The first-order chi connectivity index (χ1) is 13.1. The molecule has 158 valence electrons. The van der Waals surface area contributed by atoms with Crippen LogP contribution in [0, 0.1) is 5.41 Å². The van der Waals surface area contributed by atoms with E-state index in [0.717, 1.165) is 62.2 Å². The number of methoxy groups -OCH3 is 1. The van der Waals surface area contributed by atoms with Gasteiger partial charge in [-0.25, -0.2) is 4.99 Å². The van der Waals surface area contributed by atoms with Gasteiger partial charge in [0.25, 0.3) is 0 Å². The number of hydrogen-bond acceptors (Lipinski definition) is 4. The number of aliphatic imine (C=N–C) groups is 1. The third kappa shape index (κ3) is 6.14. The fourth-order valence-electron chi connectivity index (χ4n) is 3.51. The van der Waals surface area contributed by atoms with Crippen LogP contribution in [0.25, 0.3) is 0 Å². The molecule has 1 heterocycles. The third-order valence-electron chi connectivity index (χ3n) is 5.20. The number of ether oxygens (including phenoxy) is 3. The highest BCUT2D eigenvalue weighted by Gasteiger charge is 2.33. The molecule has 1 aliphatic carbocycles. The molecule has 28 heavy (non-hydrogen) atoms. The zero-order chi connectivity index (χ0) is 19.1. The zero-order valence-corrected chi connectivity index (χ0v) is 19.6. The van der Waals surface area contributed by atoms with E-state index < -0.39 is 0 Å². The molecule has 2 aliphatic rings. The van der Waals surface area contributed by atoms with Gasteiger partial charge in [0.15, 0.2) is 17.5 Å². The van der Waals surface area contributed by atoms with Crippen molar-refractivity contribution >= 4 is 29.9 Å². The third-order valence-corrected chi connectivity index (χ3v) is 5.20. The van der Waals surface area contributed by atoms with E-state index in [1.807, 2.05) is 12.1 Å². The molecule has 1 saturated heterocycles. The Morgan fingerprint density at radius 3 is 2.61 bits per heavy atom. The second-order valence-corrected chi connectivity index (χ2v) is 7.83. The molecule has 0 unspecified atom stereocenters. The van der Waals surface area contributed by atoms with Gasteiger partial charge in [0.1, 0.15) is 0 Å². The van der Waals surface area contributed by atoms with E-state index in [9.17, 15) is 0 Å². The van der Waals surface area contributed by atoms with Crippen LogP contribution < -0.4 is 20.1 Å². The molecule has 0 spiro atoms. The summed E-state index contributed by atoms with van der Waals surface area (Å²) in [5.41, 5.74) is 1.25. The van der Waals surface area contributed by atoms with E-state index in [2.05, 4.69) is 30.5 Å². The van der Waals surface area contributed by atoms with Crippen LogP contribution in [0.2, 0.25) is 0 Å². The minimum Gasteiger partial charge on any atom is -0.493 e. The Hall–Kier alpha value is -1.22. The van der Waals surface area contributed by atoms with Crippen LogP contribution in [0.3, 0.4) is 0 Å². The fraction of sp³-hybridized carbons (Fsp3) is 0.667. The van der Waals surface area contributed by atoms with Crippen molar-refractivity contribution in [2.24, 2.45) is 10.4 Å². The summed E-state index contributed by atoms with van der Waals surface area (Å²) in [7, 11) is 1.69. The molecule has 2 N–H and O–H groups in total. The van der Waals surface area contributed by atoms with Crippen molar-refractivity contribution in [3.63, 3.8) is 0 Å². The van der Waals surface area contributed by atoms with Crippen molar-refractivity contribution in [1.82, 2.24) is 10.6 Å². The van der Waals surface area contributed by atoms with Crippen LogP contribution in [0.4, 0.5) is 0 Å². The molecule has 0 radical (unpaired) electrons. The molecule has 7 heteroatoms. The van der Waals surface area contributed by atoms with Crippen molar-refractivity contribution in [2.45, 2.75) is 52.2 Å². The molecule has 1 saturated carbocycles. The Bertz CT molecular complexity index is 644. The van der Waals surface area contributed by atoms with Gasteiger partial charge in [0, 0.05) is 24.1 Å². The van der Waals surface area contributed by atoms with Gasteiger partial charge in [0.2, 0.25) is 0 Å². The number of benzene rings is 1. The molecule has 6 nitrogen and oxygen atoms in total. The lowest BCUT2D eigenvalue weighted by molar-refractivity contribution is -0.0971. The van der Waals surface area contributed by atoms with Gasteiger partial charge in [-0.15, -0.1) is 24.0 Å². The maximum absolute atomic E-state index is 6.31. The SMILES string of the molecule is CCNC(=NCc1cccc(OC)c1OC1CCCC1)NCC1(C)COC1.I. The molecule has 0 atom stereocenters. The molecular weight excluding hydrogens is 469 g/mol. The predicted molar refractivity (Wildman–Crippen MR) is 123 cm³/mol. The number of halogens is 1. The van der Waals surface area contributed by atoms with E-state index >= 15 is 0 Å². The van der Waals surface area contributed by atoms with Gasteiger partial charge in [-0.1, -0.05) is 19.1 Å². The summed E-state index contributed by atoms with van der Waals surface area (Å²) in [6.07, 6.45) is 5.00. The highest BCUT2D eigenvalue weighted by atomic mass is 127. The van der Waals surface area contributed by atoms with Gasteiger partial charge in [0.05, 0.1) is 33.0 Å². The average Bonchev–Trinajstić information content (AvgIpc) is 3.16. The van der Waals surface area contributed by atoms with Crippen LogP contribution in [0.15, 0.2) is 23.2 Å². The topological polar surface area (TPSA) is 64.1 Å². The Morgan fingerprint density at radius 2 is 2.00 bits per heavy atom. The van der Waals surface area contributed by atoms with E-state index in [0.29, 0.717) is 6.54 Å². The molecule has 3 rings (SSSR count). The number of para-hydroxylation sites is 1. The second-order valence-electron chi connectivity index (χ2n) is 7.83. The molecule has 0 bridgehead atoms. The number of nitrogens with zero attached hydrogens (tertiary/aromatic N) is 1. The molecule has 2 fully saturated rings. The minimum absolute atomic E-state index is 0. The molecule has 1 aromatic rings. The standard InChI is InChI=1S/C21H33N3O3.HI/c1-4-22-20(24-13-21(2)14-26-15-21)23-12-16-8-7-11-18(25-3)19(16)27-17-9-5-6-10-17;/h7-8,11,17H,4-6,9-10,12-15H2,1-3H3,(H2,22,23,24);1H. The van der Waals surface area contributed by atoms with Crippen molar-refractivity contribution in [1.29, 1.82) is 0 Å². The van der Waals surface area contributed by atoms with Crippen molar-refractivity contribution < 1.29 is 14.2 Å². The summed E-state index contributed by atoms with van der Waals surface area (Å²) in [4.78, 5) is 4.77. The Kier molecular flexibility index (Phi) is 9.14. The minimum atomic E-state index is 0. The number of rotatable bonds is 8. The maximum atomic E-state index is 6.31. The van der Waals surface area contributed by atoms with Gasteiger partial charge < -0.3 is 24.8 Å². The Labute approximate surface area is 185 Å².